The third-order valence-corrected chi connectivity index (χ3v) is 6.02. The van der Waals surface area contributed by atoms with Crippen molar-refractivity contribution in [3.8, 4) is 0 Å². The molecule has 0 saturated carbocycles. The molecule has 2 aromatic rings. The van der Waals surface area contributed by atoms with Gasteiger partial charge in [-0.2, -0.15) is 0 Å². The first-order chi connectivity index (χ1) is 12.5. The molecule has 138 valence electrons. The van der Waals surface area contributed by atoms with Crippen LogP contribution < -0.4 is 10.2 Å². The predicted octanol–water partition coefficient (Wildman–Crippen LogP) is 3.64. The molecule has 0 bridgehead atoms. The topological polar surface area (TPSA) is 48.5 Å². The zero-order chi connectivity index (χ0) is 18.5. The largest absolute Gasteiger partial charge is 0.354 e. The van der Waals surface area contributed by atoms with Crippen LogP contribution in [0.5, 0.6) is 0 Å². The zero-order valence-electron chi connectivity index (χ0n) is 15.0. The number of nitrogens with one attached hydrogen (secondary N) is 1. The van der Waals surface area contributed by atoms with Gasteiger partial charge in [-0.3, -0.25) is 4.79 Å². The SMILES string of the molecule is Cc1cc(Br)ccc1SCC(=O)Nc1ccc(N2CCN(C)CC2)nc1. The molecule has 3 rings (SSSR count). The number of hydrogen-bond acceptors (Lipinski definition) is 5. The summed E-state index contributed by atoms with van der Waals surface area (Å²) in [5.74, 6) is 1.32. The number of halogens is 1. The lowest BCUT2D eigenvalue weighted by Gasteiger charge is -2.33. The van der Waals surface area contributed by atoms with Crippen molar-refractivity contribution in [1.29, 1.82) is 0 Å². The number of benzene rings is 1. The Hall–Kier alpha value is -1.57. The summed E-state index contributed by atoms with van der Waals surface area (Å²) in [6.45, 7) is 6.11. The summed E-state index contributed by atoms with van der Waals surface area (Å²) in [6, 6.07) is 9.99. The fourth-order valence-corrected chi connectivity index (χ4v) is 4.08. The van der Waals surface area contributed by atoms with Crippen LogP contribution in [0.1, 0.15) is 5.56 Å². The number of likely N-dealkylation sites (N-methyl/N-ethyl adjacent to an activating group) is 1. The summed E-state index contributed by atoms with van der Waals surface area (Å²) < 4.78 is 1.05. The van der Waals surface area contributed by atoms with Gasteiger partial charge in [0.2, 0.25) is 5.91 Å². The van der Waals surface area contributed by atoms with Crippen LogP contribution in [0.15, 0.2) is 45.9 Å². The van der Waals surface area contributed by atoms with Crippen molar-refractivity contribution < 1.29 is 4.79 Å². The fraction of sp³-hybridized carbons (Fsp3) is 0.368. The number of pyridine rings is 1. The van der Waals surface area contributed by atoms with Crippen LogP contribution in [0.25, 0.3) is 0 Å². The van der Waals surface area contributed by atoms with Crippen molar-refractivity contribution in [3.63, 3.8) is 0 Å². The van der Waals surface area contributed by atoms with Crippen LogP contribution in [0.2, 0.25) is 0 Å². The molecule has 2 heterocycles. The van der Waals surface area contributed by atoms with Crippen LogP contribution in [0.4, 0.5) is 11.5 Å². The minimum Gasteiger partial charge on any atom is -0.354 e. The van der Waals surface area contributed by atoms with E-state index in [0.717, 1.165) is 52.6 Å². The number of hydrogen-bond donors (Lipinski definition) is 1. The number of aromatic nitrogens is 1. The number of carbonyl (C=O) groups excluding carboxylic acids is 1. The molecular formula is C19H23BrN4OS. The molecule has 1 aliphatic rings. The van der Waals surface area contributed by atoms with E-state index in [1.54, 1.807) is 18.0 Å². The average molecular weight is 435 g/mol. The van der Waals surface area contributed by atoms with Crippen LogP contribution >= 0.6 is 27.7 Å². The van der Waals surface area contributed by atoms with E-state index in [1.807, 2.05) is 31.2 Å². The van der Waals surface area contributed by atoms with E-state index >= 15 is 0 Å². The highest BCUT2D eigenvalue weighted by molar-refractivity contribution is 9.10. The molecule has 1 amide bonds. The van der Waals surface area contributed by atoms with Crippen LogP contribution in [-0.4, -0.2) is 54.8 Å². The van der Waals surface area contributed by atoms with Crippen molar-refractivity contribution in [1.82, 2.24) is 9.88 Å². The van der Waals surface area contributed by atoms with Gasteiger partial charge in [-0.1, -0.05) is 15.9 Å². The lowest BCUT2D eigenvalue weighted by molar-refractivity contribution is -0.113. The molecular weight excluding hydrogens is 412 g/mol. The second-order valence-corrected chi connectivity index (χ2v) is 8.37. The maximum Gasteiger partial charge on any atom is 0.234 e. The number of thioether (sulfide) groups is 1. The molecule has 26 heavy (non-hydrogen) atoms. The standard InChI is InChI=1S/C19H23BrN4OS/c1-14-11-15(20)3-5-17(14)26-13-19(25)22-16-4-6-18(21-12-16)24-9-7-23(2)8-10-24/h3-6,11-12H,7-10,13H2,1-2H3,(H,22,25). The van der Waals surface area contributed by atoms with Gasteiger partial charge in [-0.25, -0.2) is 4.98 Å². The molecule has 5 nitrogen and oxygen atoms in total. The quantitative estimate of drug-likeness (QED) is 0.727. The highest BCUT2D eigenvalue weighted by Crippen LogP contribution is 2.25. The van der Waals surface area contributed by atoms with Gasteiger partial charge in [0.15, 0.2) is 0 Å². The number of piperazine rings is 1. The van der Waals surface area contributed by atoms with Crippen molar-refractivity contribution >= 4 is 45.1 Å². The Morgan fingerprint density at radius 2 is 2.00 bits per heavy atom. The number of carbonyl (C=O) groups is 1. The summed E-state index contributed by atoms with van der Waals surface area (Å²) in [6.07, 6.45) is 1.74. The Balaban J connectivity index is 1.51. The first-order valence-corrected chi connectivity index (χ1v) is 10.4. The van der Waals surface area contributed by atoms with Gasteiger partial charge in [0.25, 0.3) is 0 Å². The third-order valence-electron chi connectivity index (χ3n) is 4.35. The molecule has 0 atom stereocenters. The van der Waals surface area contributed by atoms with Gasteiger partial charge in [-0.15, -0.1) is 11.8 Å². The van der Waals surface area contributed by atoms with E-state index in [-0.39, 0.29) is 5.91 Å². The monoisotopic (exact) mass is 434 g/mol. The highest BCUT2D eigenvalue weighted by atomic mass is 79.9. The lowest BCUT2D eigenvalue weighted by atomic mass is 10.2. The maximum atomic E-state index is 12.2. The van der Waals surface area contributed by atoms with Crippen molar-refractivity contribution in [2.24, 2.45) is 0 Å². The van der Waals surface area contributed by atoms with Gasteiger partial charge in [-0.05, 0) is 49.9 Å². The molecule has 1 aromatic carbocycles. The summed E-state index contributed by atoms with van der Waals surface area (Å²) >= 11 is 5.00. The normalized spacial score (nSPS) is 15.1. The van der Waals surface area contributed by atoms with Crippen molar-refractivity contribution in [2.75, 3.05) is 49.2 Å². The number of anilines is 2. The molecule has 1 N–H and O–H groups in total. The van der Waals surface area contributed by atoms with Crippen LogP contribution in [-0.2, 0) is 4.79 Å². The average Bonchev–Trinajstić information content (AvgIpc) is 2.62. The molecule has 0 unspecified atom stereocenters. The molecule has 1 saturated heterocycles. The van der Waals surface area contributed by atoms with Gasteiger partial charge >= 0.3 is 0 Å². The van der Waals surface area contributed by atoms with Gasteiger partial charge in [0, 0.05) is 35.5 Å². The summed E-state index contributed by atoms with van der Waals surface area (Å²) in [7, 11) is 2.14. The number of rotatable bonds is 5. The molecule has 0 spiro atoms. The summed E-state index contributed by atoms with van der Waals surface area (Å²) in [5.41, 5.74) is 1.90. The molecule has 1 aromatic heterocycles. The van der Waals surface area contributed by atoms with E-state index in [0.29, 0.717) is 5.75 Å². The fourth-order valence-electron chi connectivity index (χ4n) is 2.80. The number of nitrogens with zero attached hydrogens (tertiary/aromatic N) is 3. The summed E-state index contributed by atoms with van der Waals surface area (Å²) in [4.78, 5) is 22.4. The van der Waals surface area contributed by atoms with E-state index < -0.39 is 0 Å². The Morgan fingerprint density at radius 1 is 1.23 bits per heavy atom. The minimum absolute atomic E-state index is 0.0218. The Morgan fingerprint density at radius 3 is 2.65 bits per heavy atom. The Bertz CT molecular complexity index is 761. The minimum atomic E-state index is -0.0218. The smallest absolute Gasteiger partial charge is 0.234 e. The van der Waals surface area contributed by atoms with Crippen LogP contribution in [0, 0.1) is 6.92 Å². The predicted molar refractivity (Wildman–Crippen MR) is 112 cm³/mol. The lowest BCUT2D eigenvalue weighted by Crippen LogP contribution is -2.44. The van der Waals surface area contributed by atoms with Gasteiger partial charge in [0.1, 0.15) is 5.82 Å². The second kappa shape index (κ2) is 8.88. The van der Waals surface area contributed by atoms with E-state index in [4.69, 9.17) is 0 Å². The number of amides is 1. The maximum absolute atomic E-state index is 12.2. The Labute approximate surface area is 167 Å². The molecule has 1 aliphatic heterocycles. The van der Waals surface area contributed by atoms with Crippen molar-refractivity contribution in [3.05, 3.63) is 46.6 Å². The molecule has 7 heteroatoms. The Kier molecular flexibility index (Phi) is 6.56. The van der Waals surface area contributed by atoms with E-state index in [2.05, 4.69) is 49.1 Å². The summed E-state index contributed by atoms with van der Waals surface area (Å²) in [5, 5.41) is 2.92. The van der Waals surface area contributed by atoms with Crippen molar-refractivity contribution in [2.45, 2.75) is 11.8 Å². The molecule has 0 radical (unpaired) electrons. The van der Waals surface area contributed by atoms with Gasteiger partial charge < -0.3 is 15.1 Å². The van der Waals surface area contributed by atoms with E-state index in [1.165, 1.54) is 0 Å². The zero-order valence-corrected chi connectivity index (χ0v) is 17.4. The second-order valence-electron chi connectivity index (χ2n) is 6.44. The van der Waals surface area contributed by atoms with E-state index in [9.17, 15) is 4.79 Å². The first kappa shape index (κ1) is 19.2. The first-order valence-electron chi connectivity index (χ1n) is 8.59. The number of aryl methyl sites for hydroxylation is 1. The van der Waals surface area contributed by atoms with Gasteiger partial charge in [0.05, 0.1) is 17.6 Å². The molecule has 0 aliphatic carbocycles. The highest BCUT2D eigenvalue weighted by Gasteiger charge is 2.15. The molecule has 1 fully saturated rings. The van der Waals surface area contributed by atoms with Crippen LogP contribution in [0.3, 0.4) is 0 Å². The third kappa shape index (κ3) is 5.22.